The van der Waals surface area contributed by atoms with Gasteiger partial charge in [-0.2, -0.15) is 0 Å². The Hall–Kier alpha value is -0.520. The largest absolute Gasteiger partial charge is 0.100 e. The van der Waals surface area contributed by atoms with E-state index < -0.39 is 0 Å². The fourth-order valence-corrected chi connectivity index (χ4v) is 1.64. The van der Waals surface area contributed by atoms with Gasteiger partial charge in [-0.1, -0.05) is 37.3 Å². The summed E-state index contributed by atoms with van der Waals surface area (Å²) in [5.41, 5.74) is 2.52. The van der Waals surface area contributed by atoms with Crippen molar-refractivity contribution in [2.24, 2.45) is 0 Å². The minimum Gasteiger partial charge on any atom is -0.100 e. The standard InChI is InChI=1S/C14H24/c1-6-7-8-9-14(10-12(2)3)11-13(4)5/h1-2,4,6-11H2,3,5H3. The van der Waals surface area contributed by atoms with E-state index in [2.05, 4.69) is 33.9 Å². The Morgan fingerprint density at radius 2 is 1.43 bits per heavy atom. The first-order chi connectivity index (χ1) is 6.56. The lowest BCUT2D eigenvalue weighted by Crippen LogP contribution is -1.99. The van der Waals surface area contributed by atoms with Gasteiger partial charge in [-0.05, 0) is 39.0 Å². The van der Waals surface area contributed by atoms with E-state index in [4.69, 9.17) is 0 Å². The van der Waals surface area contributed by atoms with Crippen LogP contribution in [0.15, 0.2) is 24.3 Å². The lowest BCUT2D eigenvalue weighted by atomic mass is 9.89. The molecular weight excluding hydrogens is 168 g/mol. The molecule has 0 unspecified atom stereocenters. The molecule has 0 fully saturated rings. The molecule has 0 amide bonds. The van der Waals surface area contributed by atoms with Gasteiger partial charge in [0, 0.05) is 0 Å². The van der Waals surface area contributed by atoms with Crippen LogP contribution >= 0.6 is 0 Å². The van der Waals surface area contributed by atoms with Crippen molar-refractivity contribution in [3.63, 3.8) is 0 Å². The maximum atomic E-state index is 3.97. The Morgan fingerprint density at radius 3 is 1.79 bits per heavy atom. The van der Waals surface area contributed by atoms with Gasteiger partial charge in [0.25, 0.3) is 0 Å². The number of unbranched alkanes of at least 4 members (excludes halogenated alkanes) is 2. The zero-order valence-electron chi connectivity index (χ0n) is 9.86. The second kappa shape index (κ2) is 7.84. The summed E-state index contributed by atoms with van der Waals surface area (Å²) in [6.45, 7) is 16.0. The smallest absolute Gasteiger partial charge is 0.0161 e. The van der Waals surface area contributed by atoms with Crippen LogP contribution in [0.3, 0.4) is 0 Å². The molecule has 0 saturated carbocycles. The average molecular weight is 192 g/mol. The maximum absolute atomic E-state index is 3.97. The second-order valence-electron chi connectivity index (χ2n) is 4.33. The third-order valence-electron chi connectivity index (χ3n) is 2.13. The van der Waals surface area contributed by atoms with Crippen LogP contribution in [0.2, 0.25) is 0 Å². The summed E-state index contributed by atoms with van der Waals surface area (Å²) in [5, 5.41) is 0. The quantitative estimate of drug-likeness (QED) is 0.379. The van der Waals surface area contributed by atoms with Gasteiger partial charge in [0.05, 0.1) is 0 Å². The first kappa shape index (κ1) is 13.5. The number of allylic oxidation sites excluding steroid dienone is 2. The van der Waals surface area contributed by atoms with Gasteiger partial charge in [0.15, 0.2) is 0 Å². The topological polar surface area (TPSA) is 0 Å². The molecular formula is C14H24. The third-order valence-corrected chi connectivity index (χ3v) is 2.13. The van der Waals surface area contributed by atoms with Gasteiger partial charge < -0.3 is 0 Å². The molecule has 0 aromatic heterocycles. The summed E-state index contributed by atoms with van der Waals surface area (Å²) < 4.78 is 0. The molecule has 0 heteroatoms. The van der Waals surface area contributed by atoms with Crippen LogP contribution in [0.1, 0.15) is 52.4 Å². The second-order valence-corrected chi connectivity index (χ2v) is 4.33. The average Bonchev–Trinajstić information content (AvgIpc) is 2.02. The van der Waals surface area contributed by atoms with Crippen LogP contribution in [0.4, 0.5) is 0 Å². The Balaban J connectivity index is 3.84. The number of hydrogen-bond donors (Lipinski definition) is 0. The first-order valence-electron chi connectivity index (χ1n) is 5.47. The number of rotatable bonds is 8. The van der Waals surface area contributed by atoms with Crippen LogP contribution in [-0.4, -0.2) is 0 Å². The maximum Gasteiger partial charge on any atom is -0.0161 e. The van der Waals surface area contributed by atoms with Crippen LogP contribution < -0.4 is 0 Å². The van der Waals surface area contributed by atoms with E-state index in [-0.39, 0.29) is 0 Å². The fraction of sp³-hybridized carbons (Fsp3) is 0.571. The lowest BCUT2D eigenvalue weighted by molar-refractivity contribution is 0.648. The minimum atomic E-state index is 1.05. The number of hydrogen-bond acceptors (Lipinski definition) is 0. The summed E-state index contributed by atoms with van der Waals surface area (Å²) in [6.07, 6.45) is 6.91. The molecule has 0 spiro atoms. The van der Waals surface area contributed by atoms with Crippen molar-refractivity contribution >= 4 is 0 Å². The normalized spacial score (nSPS) is 10.6. The van der Waals surface area contributed by atoms with Crippen molar-refractivity contribution in [2.45, 2.75) is 52.4 Å². The molecule has 0 heterocycles. The monoisotopic (exact) mass is 192 g/mol. The Kier molecular flexibility index (Phi) is 7.55. The molecule has 14 heavy (non-hydrogen) atoms. The first-order valence-corrected chi connectivity index (χ1v) is 5.47. The fourth-order valence-electron chi connectivity index (χ4n) is 1.64. The molecule has 0 aliphatic heterocycles. The van der Waals surface area contributed by atoms with E-state index in [9.17, 15) is 0 Å². The molecule has 2 radical (unpaired) electrons. The van der Waals surface area contributed by atoms with Gasteiger partial charge in [0.2, 0.25) is 0 Å². The van der Waals surface area contributed by atoms with Crippen LogP contribution in [-0.2, 0) is 0 Å². The predicted molar refractivity (Wildman–Crippen MR) is 65.9 cm³/mol. The van der Waals surface area contributed by atoms with Crippen molar-refractivity contribution in [1.82, 2.24) is 0 Å². The highest BCUT2D eigenvalue weighted by Crippen LogP contribution is 2.25. The van der Waals surface area contributed by atoms with Crippen molar-refractivity contribution in [1.29, 1.82) is 0 Å². The highest BCUT2D eigenvalue weighted by Gasteiger charge is 2.09. The van der Waals surface area contributed by atoms with Crippen molar-refractivity contribution in [2.75, 3.05) is 0 Å². The van der Waals surface area contributed by atoms with Crippen LogP contribution in [0.5, 0.6) is 0 Å². The summed E-state index contributed by atoms with van der Waals surface area (Å²) >= 11 is 0. The summed E-state index contributed by atoms with van der Waals surface area (Å²) in [5.74, 6) is 1.58. The molecule has 0 aromatic rings. The summed E-state index contributed by atoms with van der Waals surface area (Å²) in [6, 6.07) is 0. The van der Waals surface area contributed by atoms with Crippen LogP contribution in [0.25, 0.3) is 0 Å². The molecule has 0 aliphatic carbocycles. The minimum absolute atomic E-state index is 1.05. The lowest BCUT2D eigenvalue weighted by Gasteiger charge is -2.16. The summed E-state index contributed by atoms with van der Waals surface area (Å²) in [4.78, 5) is 0. The highest BCUT2D eigenvalue weighted by molar-refractivity contribution is 5.10. The zero-order valence-corrected chi connectivity index (χ0v) is 9.86. The molecule has 0 N–H and O–H groups in total. The SMILES string of the molecule is [CH2]CCCC[C](CC(=C)C)CC(=C)C. The molecule has 0 saturated heterocycles. The summed E-state index contributed by atoms with van der Waals surface area (Å²) in [7, 11) is 0. The zero-order chi connectivity index (χ0) is 11.0. The van der Waals surface area contributed by atoms with E-state index in [1.807, 2.05) is 0 Å². The molecule has 0 nitrogen and oxygen atoms in total. The molecule has 0 atom stereocenters. The van der Waals surface area contributed by atoms with Gasteiger partial charge in [-0.3, -0.25) is 0 Å². The van der Waals surface area contributed by atoms with Gasteiger partial charge in [0.1, 0.15) is 0 Å². The van der Waals surface area contributed by atoms with Gasteiger partial charge in [-0.15, -0.1) is 13.2 Å². The Labute approximate surface area is 90.1 Å². The van der Waals surface area contributed by atoms with Crippen molar-refractivity contribution in [3.8, 4) is 0 Å². The van der Waals surface area contributed by atoms with Crippen molar-refractivity contribution < 1.29 is 0 Å². The van der Waals surface area contributed by atoms with E-state index in [1.54, 1.807) is 5.92 Å². The van der Waals surface area contributed by atoms with Crippen molar-refractivity contribution in [3.05, 3.63) is 37.1 Å². The third kappa shape index (κ3) is 8.10. The van der Waals surface area contributed by atoms with Gasteiger partial charge >= 0.3 is 0 Å². The molecule has 0 aliphatic rings. The van der Waals surface area contributed by atoms with E-state index >= 15 is 0 Å². The molecule has 0 bridgehead atoms. The van der Waals surface area contributed by atoms with Crippen LogP contribution in [0, 0.1) is 12.8 Å². The molecule has 0 aromatic carbocycles. The highest BCUT2D eigenvalue weighted by atomic mass is 14.1. The van der Waals surface area contributed by atoms with E-state index in [0.29, 0.717) is 0 Å². The predicted octanol–water partition coefficient (Wildman–Crippen LogP) is 4.89. The van der Waals surface area contributed by atoms with E-state index in [1.165, 1.54) is 30.4 Å². The molecule has 0 rings (SSSR count). The van der Waals surface area contributed by atoms with E-state index in [0.717, 1.165) is 19.3 Å². The van der Waals surface area contributed by atoms with Gasteiger partial charge in [-0.25, -0.2) is 0 Å². The Morgan fingerprint density at radius 1 is 0.929 bits per heavy atom. The Bertz CT molecular complexity index is 160. The molecule has 80 valence electrons.